The third-order valence-electron chi connectivity index (χ3n) is 2.79. The Kier molecular flexibility index (Phi) is 6.49. The summed E-state index contributed by atoms with van der Waals surface area (Å²) in [6.07, 6.45) is 1.90. The lowest BCUT2D eigenvalue weighted by Crippen LogP contribution is -2.50. The fourth-order valence-electron chi connectivity index (χ4n) is 1.87. The van der Waals surface area contributed by atoms with Crippen molar-refractivity contribution in [2.45, 2.75) is 25.0 Å². The van der Waals surface area contributed by atoms with Crippen LogP contribution in [0, 0.1) is 0 Å². The summed E-state index contributed by atoms with van der Waals surface area (Å²) in [5.41, 5.74) is 0. The number of nitrogens with one attached hydrogen (secondary N) is 2. The molecular formula is C10H19ClN2O2S. The molecule has 2 fully saturated rings. The highest BCUT2D eigenvalue weighted by Gasteiger charge is 2.24. The zero-order valence-electron chi connectivity index (χ0n) is 9.24. The molecule has 0 saturated carbocycles. The van der Waals surface area contributed by atoms with Crippen LogP contribution in [0.1, 0.15) is 12.8 Å². The Morgan fingerprint density at radius 2 is 2.12 bits per heavy atom. The van der Waals surface area contributed by atoms with Crippen LogP contribution in [0.4, 0.5) is 0 Å². The SMILES string of the molecule is Cl.O=C(NC1CCSCC1)[C@@H]1CNCCO1. The number of rotatable bonds is 2. The first-order valence-corrected chi connectivity index (χ1v) is 6.72. The summed E-state index contributed by atoms with van der Waals surface area (Å²) in [5.74, 6) is 2.38. The largest absolute Gasteiger partial charge is 0.366 e. The number of hydrogen-bond donors (Lipinski definition) is 2. The Morgan fingerprint density at radius 1 is 1.38 bits per heavy atom. The van der Waals surface area contributed by atoms with Gasteiger partial charge in [0.05, 0.1) is 6.61 Å². The van der Waals surface area contributed by atoms with Gasteiger partial charge in [-0.1, -0.05) is 0 Å². The quantitative estimate of drug-likeness (QED) is 0.760. The first-order valence-electron chi connectivity index (χ1n) is 5.57. The maximum absolute atomic E-state index is 11.8. The Hall–Kier alpha value is 0.0300. The van der Waals surface area contributed by atoms with Crippen molar-refractivity contribution in [1.29, 1.82) is 0 Å². The molecule has 0 aromatic heterocycles. The Balaban J connectivity index is 0.00000128. The van der Waals surface area contributed by atoms with Gasteiger partial charge in [0.25, 0.3) is 5.91 Å². The van der Waals surface area contributed by atoms with Crippen LogP contribution in [0.3, 0.4) is 0 Å². The van der Waals surface area contributed by atoms with E-state index in [1.807, 2.05) is 11.8 Å². The second-order valence-electron chi connectivity index (χ2n) is 3.96. The van der Waals surface area contributed by atoms with E-state index < -0.39 is 0 Å². The topological polar surface area (TPSA) is 50.4 Å². The van der Waals surface area contributed by atoms with Gasteiger partial charge in [0.2, 0.25) is 0 Å². The highest BCUT2D eigenvalue weighted by atomic mass is 35.5. The van der Waals surface area contributed by atoms with Gasteiger partial charge < -0.3 is 15.4 Å². The number of carbonyl (C=O) groups excluding carboxylic acids is 1. The molecule has 94 valence electrons. The van der Waals surface area contributed by atoms with E-state index in [2.05, 4.69) is 10.6 Å². The Bertz CT molecular complexity index is 219. The fourth-order valence-corrected chi connectivity index (χ4v) is 2.98. The summed E-state index contributed by atoms with van der Waals surface area (Å²) in [4.78, 5) is 11.8. The molecule has 2 aliphatic heterocycles. The number of thioether (sulfide) groups is 1. The summed E-state index contributed by atoms with van der Waals surface area (Å²) in [6, 6.07) is 0.365. The second-order valence-corrected chi connectivity index (χ2v) is 5.18. The van der Waals surface area contributed by atoms with Crippen LogP contribution in [-0.2, 0) is 9.53 Å². The van der Waals surface area contributed by atoms with Gasteiger partial charge in [-0.15, -0.1) is 12.4 Å². The van der Waals surface area contributed by atoms with Crippen LogP contribution >= 0.6 is 24.2 Å². The highest BCUT2D eigenvalue weighted by molar-refractivity contribution is 7.99. The number of carbonyl (C=O) groups is 1. The van der Waals surface area contributed by atoms with Crippen molar-refractivity contribution < 1.29 is 9.53 Å². The van der Waals surface area contributed by atoms with Crippen LogP contribution in [0.2, 0.25) is 0 Å². The van der Waals surface area contributed by atoms with E-state index in [9.17, 15) is 4.79 Å². The summed E-state index contributed by atoms with van der Waals surface area (Å²) < 4.78 is 5.40. The fraction of sp³-hybridized carbons (Fsp3) is 0.900. The van der Waals surface area contributed by atoms with Crippen molar-refractivity contribution in [3.05, 3.63) is 0 Å². The minimum absolute atomic E-state index is 0. The van der Waals surface area contributed by atoms with E-state index >= 15 is 0 Å². The van der Waals surface area contributed by atoms with Crippen molar-refractivity contribution in [2.24, 2.45) is 0 Å². The molecule has 2 N–H and O–H groups in total. The highest BCUT2D eigenvalue weighted by Crippen LogP contribution is 2.17. The second kappa shape index (κ2) is 7.37. The first-order chi connectivity index (χ1) is 7.36. The van der Waals surface area contributed by atoms with Gasteiger partial charge in [0.15, 0.2) is 0 Å². The molecule has 0 unspecified atom stereocenters. The predicted molar refractivity (Wildman–Crippen MR) is 68.3 cm³/mol. The van der Waals surface area contributed by atoms with Gasteiger partial charge in [-0.25, -0.2) is 0 Å². The van der Waals surface area contributed by atoms with Crippen LogP contribution in [0.5, 0.6) is 0 Å². The third kappa shape index (κ3) is 4.13. The number of halogens is 1. The molecule has 2 rings (SSSR count). The molecule has 16 heavy (non-hydrogen) atoms. The van der Waals surface area contributed by atoms with Gasteiger partial charge in [-0.2, -0.15) is 11.8 Å². The molecule has 2 saturated heterocycles. The monoisotopic (exact) mass is 266 g/mol. The van der Waals surface area contributed by atoms with Crippen molar-refractivity contribution >= 4 is 30.1 Å². The predicted octanol–water partition coefficient (Wildman–Crippen LogP) is 0.408. The molecule has 0 aliphatic carbocycles. The van der Waals surface area contributed by atoms with Crippen molar-refractivity contribution in [3.63, 3.8) is 0 Å². The van der Waals surface area contributed by atoms with E-state index in [1.165, 1.54) is 0 Å². The summed E-state index contributed by atoms with van der Waals surface area (Å²) in [5, 5.41) is 6.23. The minimum atomic E-state index is -0.284. The van der Waals surface area contributed by atoms with Crippen LogP contribution in [0.15, 0.2) is 0 Å². The maximum Gasteiger partial charge on any atom is 0.250 e. The van der Waals surface area contributed by atoms with Crippen LogP contribution < -0.4 is 10.6 Å². The normalized spacial score (nSPS) is 26.9. The average molecular weight is 267 g/mol. The van der Waals surface area contributed by atoms with Crippen LogP contribution in [-0.4, -0.2) is 49.3 Å². The molecule has 2 heterocycles. The first kappa shape index (κ1) is 14.1. The van der Waals surface area contributed by atoms with Gasteiger partial charge in [0, 0.05) is 19.1 Å². The molecule has 1 amide bonds. The molecule has 4 nitrogen and oxygen atoms in total. The van der Waals surface area contributed by atoms with E-state index in [0.717, 1.165) is 30.9 Å². The lowest BCUT2D eigenvalue weighted by molar-refractivity contribution is -0.135. The lowest BCUT2D eigenvalue weighted by Gasteiger charge is -2.27. The molecule has 0 aromatic rings. The van der Waals surface area contributed by atoms with Gasteiger partial charge in [-0.05, 0) is 24.3 Å². The zero-order chi connectivity index (χ0) is 10.5. The molecule has 0 bridgehead atoms. The summed E-state index contributed by atoms with van der Waals surface area (Å²) >= 11 is 1.97. The summed E-state index contributed by atoms with van der Waals surface area (Å²) in [6.45, 7) is 2.13. The molecule has 0 aromatic carbocycles. The van der Waals surface area contributed by atoms with Gasteiger partial charge in [-0.3, -0.25) is 4.79 Å². The van der Waals surface area contributed by atoms with Crippen molar-refractivity contribution in [2.75, 3.05) is 31.2 Å². The van der Waals surface area contributed by atoms with Gasteiger partial charge >= 0.3 is 0 Å². The maximum atomic E-state index is 11.8. The van der Waals surface area contributed by atoms with Gasteiger partial charge in [0.1, 0.15) is 6.10 Å². The van der Waals surface area contributed by atoms with E-state index in [-0.39, 0.29) is 24.4 Å². The third-order valence-corrected chi connectivity index (χ3v) is 3.84. The van der Waals surface area contributed by atoms with E-state index in [1.54, 1.807) is 0 Å². The Labute approximate surface area is 107 Å². The average Bonchev–Trinajstić information content (AvgIpc) is 2.31. The molecule has 0 spiro atoms. The molecular weight excluding hydrogens is 248 g/mol. The van der Waals surface area contributed by atoms with Crippen molar-refractivity contribution in [3.8, 4) is 0 Å². The Morgan fingerprint density at radius 3 is 2.75 bits per heavy atom. The number of ether oxygens (including phenoxy) is 1. The summed E-state index contributed by atoms with van der Waals surface area (Å²) in [7, 11) is 0. The zero-order valence-corrected chi connectivity index (χ0v) is 10.9. The standard InChI is InChI=1S/C10H18N2O2S.ClH/c13-10(9-7-11-3-4-14-9)12-8-1-5-15-6-2-8;/h8-9,11H,1-7H2,(H,12,13);1H/t9-;/m0./s1. The lowest BCUT2D eigenvalue weighted by atomic mass is 10.1. The molecule has 2 aliphatic rings. The van der Waals surface area contributed by atoms with E-state index in [4.69, 9.17) is 4.74 Å². The minimum Gasteiger partial charge on any atom is -0.366 e. The number of hydrogen-bond acceptors (Lipinski definition) is 4. The molecule has 0 radical (unpaired) electrons. The van der Waals surface area contributed by atoms with E-state index in [0.29, 0.717) is 19.2 Å². The van der Waals surface area contributed by atoms with Crippen LogP contribution in [0.25, 0.3) is 0 Å². The van der Waals surface area contributed by atoms with Crippen molar-refractivity contribution in [1.82, 2.24) is 10.6 Å². The molecule has 1 atom stereocenters. The number of amides is 1. The smallest absolute Gasteiger partial charge is 0.250 e. The number of morpholine rings is 1. The molecule has 6 heteroatoms.